The van der Waals surface area contributed by atoms with Crippen LogP contribution >= 0.6 is 15.9 Å². The van der Waals surface area contributed by atoms with Crippen molar-refractivity contribution in [1.82, 2.24) is 0 Å². The quantitative estimate of drug-likeness (QED) is 0.677. The van der Waals surface area contributed by atoms with Crippen LogP contribution in [-0.4, -0.2) is 0 Å². The second-order valence-corrected chi connectivity index (χ2v) is 5.42. The molecule has 1 heteroatoms. The van der Waals surface area contributed by atoms with Gasteiger partial charge in [0, 0.05) is 4.47 Å². The number of hydrogen-bond acceptors (Lipinski definition) is 0. The number of benzene rings is 1. The topological polar surface area (TPSA) is 0 Å². The van der Waals surface area contributed by atoms with Crippen molar-refractivity contribution in [1.29, 1.82) is 0 Å². The van der Waals surface area contributed by atoms with Gasteiger partial charge in [0.2, 0.25) is 0 Å². The lowest BCUT2D eigenvalue weighted by molar-refractivity contribution is 0.348. The van der Waals surface area contributed by atoms with Crippen LogP contribution in [-0.2, 0) is 0 Å². The highest BCUT2D eigenvalue weighted by atomic mass is 79.9. The zero-order valence-electron chi connectivity index (χ0n) is 8.67. The Labute approximate surface area is 94.8 Å². The van der Waals surface area contributed by atoms with Gasteiger partial charge in [0.1, 0.15) is 0 Å². The molecular weight excluding hydrogens is 236 g/mol. The molecule has 0 atom stereocenters. The normalized spacial score (nSPS) is 27.6. The molecule has 76 valence electrons. The van der Waals surface area contributed by atoms with E-state index in [-0.39, 0.29) is 0 Å². The average molecular weight is 253 g/mol. The molecule has 14 heavy (non-hydrogen) atoms. The highest BCUT2D eigenvalue weighted by Crippen LogP contribution is 2.35. The van der Waals surface area contributed by atoms with Gasteiger partial charge in [0.25, 0.3) is 0 Å². The Hall–Kier alpha value is -0.300. The van der Waals surface area contributed by atoms with Crippen molar-refractivity contribution in [3.63, 3.8) is 0 Å². The van der Waals surface area contributed by atoms with Crippen molar-refractivity contribution in [3.8, 4) is 0 Å². The van der Waals surface area contributed by atoms with Crippen molar-refractivity contribution in [2.45, 2.75) is 38.5 Å². The third-order valence-electron chi connectivity index (χ3n) is 3.36. The van der Waals surface area contributed by atoms with Crippen LogP contribution in [0, 0.1) is 5.92 Å². The third-order valence-corrected chi connectivity index (χ3v) is 3.89. The first kappa shape index (κ1) is 10.2. The van der Waals surface area contributed by atoms with E-state index < -0.39 is 0 Å². The van der Waals surface area contributed by atoms with E-state index >= 15 is 0 Å². The number of hydrogen-bond donors (Lipinski definition) is 0. The summed E-state index contributed by atoms with van der Waals surface area (Å²) in [5.41, 5.74) is 1.53. The maximum absolute atomic E-state index is 3.48. The molecule has 0 radical (unpaired) electrons. The van der Waals surface area contributed by atoms with E-state index in [9.17, 15) is 0 Å². The van der Waals surface area contributed by atoms with Crippen LogP contribution < -0.4 is 0 Å². The first-order chi connectivity index (χ1) is 6.75. The Morgan fingerprint density at radius 2 is 1.57 bits per heavy atom. The highest BCUT2D eigenvalue weighted by Gasteiger charge is 2.19. The molecule has 2 rings (SSSR count). The van der Waals surface area contributed by atoms with Gasteiger partial charge >= 0.3 is 0 Å². The van der Waals surface area contributed by atoms with E-state index in [4.69, 9.17) is 0 Å². The van der Waals surface area contributed by atoms with E-state index in [0.29, 0.717) is 0 Å². The van der Waals surface area contributed by atoms with Gasteiger partial charge in [-0.3, -0.25) is 0 Å². The van der Waals surface area contributed by atoms with Gasteiger partial charge in [-0.25, -0.2) is 0 Å². The van der Waals surface area contributed by atoms with E-state index in [2.05, 4.69) is 47.1 Å². The average Bonchev–Trinajstić information content (AvgIpc) is 2.21. The summed E-state index contributed by atoms with van der Waals surface area (Å²) in [6, 6.07) is 8.86. The maximum atomic E-state index is 3.48. The lowest BCUT2D eigenvalue weighted by Crippen LogP contribution is -2.10. The molecule has 0 saturated heterocycles. The summed E-state index contributed by atoms with van der Waals surface area (Å²) in [7, 11) is 0. The monoisotopic (exact) mass is 252 g/mol. The van der Waals surface area contributed by atoms with Crippen LogP contribution in [0.15, 0.2) is 28.7 Å². The minimum Gasteiger partial charge on any atom is -0.0625 e. The van der Waals surface area contributed by atoms with Crippen molar-refractivity contribution in [2.24, 2.45) is 5.92 Å². The maximum Gasteiger partial charge on any atom is 0.0175 e. The zero-order valence-corrected chi connectivity index (χ0v) is 10.3. The van der Waals surface area contributed by atoms with E-state index in [1.54, 1.807) is 0 Å². The molecule has 0 amide bonds. The molecule has 1 saturated carbocycles. The minimum atomic E-state index is 0.819. The summed E-state index contributed by atoms with van der Waals surface area (Å²) in [4.78, 5) is 0. The summed E-state index contributed by atoms with van der Waals surface area (Å²) >= 11 is 3.48. The molecule has 0 bridgehead atoms. The Bertz CT molecular complexity index is 281. The second-order valence-electron chi connectivity index (χ2n) is 4.51. The SMILES string of the molecule is C[C@H]1CC[C@H](c2ccc(Br)cc2)CC1. The van der Waals surface area contributed by atoms with Crippen LogP contribution in [0.1, 0.15) is 44.1 Å². The van der Waals surface area contributed by atoms with Crippen LogP contribution in [0.5, 0.6) is 0 Å². The second kappa shape index (κ2) is 4.48. The zero-order chi connectivity index (χ0) is 9.97. The molecule has 0 heterocycles. The molecule has 1 aromatic rings. The summed E-state index contributed by atoms with van der Waals surface area (Å²) < 4.78 is 1.19. The Morgan fingerprint density at radius 1 is 1.00 bits per heavy atom. The Balaban J connectivity index is 2.05. The van der Waals surface area contributed by atoms with Gasteiger partial charge in [-0.1, -0.05) is 47.8 Å². The fourth-order valence-corrected chi connectivity index (χ4v) is 2.59. The fourth-order valence-electron chi connectivity index (χ4n) is 2.33. The number of rotatable bonds is 1. The van der Waals surface area contributed by atoms with Crippen molar-refractivity contribution in [3.05, 3.63) is 34.3 Å². The Morgan fingerprint density at radius 3 is 2.14 bits per heavy atom. The molecule has 1 aliphatic carbocycles. The molecule has 1 aromatic carbocycles. The van der Waals surface area contributed by atoms with E-state index in [1.807, 2.05) is 0 Å². The van der Waals surface area contributed by atoms with Crippen molar-refractivity contribution < 1.29 is 0 Å². The summed E-state index contributed by atoms with van der Waals surface area (Å²) in [5, 5.41) is 0. The molecular formula is C13H17Br. The summed E-state index contributed by atoms with van der Waals surface area (Å²) in [6.07, 6.45) is 5.56. The lowest BCUT2D eigenvalue weighted by Gasteiger charge is -2.26. The first-order valence-electron chi connectivity index (χ1n) is 5.51. The molecule has 0 spiro atoms. The van der Waals surface area contributed by atoms with Gasteiger partial charge in [0.15, 0.2) is 0 Å². The van der Waals surface area contributed by atoms with Crippen molar-refractivity contribution in [2.75, 3.05) is 0 Å². The Kier molecular flexibility index (Phi) is 3.27. The summed E-state index contributed by atoms with van der Waals surface area (Å²) in [6.45, 7) is 2.37. The molecule has 0 aliphatic heterocycles. The molecule has 0 nitrogen and oxygen atoms in total. The molecule has 0 unspecified atom stereocenters. The molecule has 1 aliphatic rings. The van der Waals surface area contributed by atoms with E-state index in [1.165, 1.54) is 35.7 Å². The van der Waals surface area contributed by atoms with Gasteiger partial charge in [0.05, 0.1) is 0 Å². The highest BCUT2D eigenvalue weighted by molar-refractivity contribution is 9.10. The molecule has 1 fully saturated rings. The van der Waals surface area contributed by atoms with Gasteiger partial charge < -0.3 is 0 Å². The van der Waals surface area contributed by atoms with Crippen molar-refractivity contribution >= 4 is 15.9 Å². The van der Waals surface area contributed by atoms with Gasteiger partial charge in [-0.2, -0.15) is 0 Å². The lowest BCUT2D eigenvalue weighted by atomic mass is 9.79. The fraction of sp³-hybridized carbons (Fsp3) is 0.538. The predicted octanol–water partition coefficient (Wildman–Crippen LogP) is 4.74. The van der Waals surface area contributed by atoms with Crippen LogP contribution in [0.25, 0.3) is 0 Å². The van der Waals surface area contributed by atoms with Gasteiger partial charge in [-0.15, -0.1) is 0 Å². The standard InChI is InChI=1S/C13H17Br/c1-10-2-4-11(5-3-10)12-6-8-13(14)9-7-12/h6-11H,2-5H2,1H3/t10-,11-. The molecule has 0 N–H and O–H groups in total. The molecule has 0 aromatic heterocycles. The van der Waals surface area contributed by atoms with Crippen LogP contribution in [0.3, 0.4) is 0 Å². The minimum absolute atomic E-state index is 0.819. The largest absolute Gasteiger partial charge is 0.0625 e. The van der Waals surface area contributed by atoms with E-state index in [0.717, 1.165) is 11.8 Å². The van der Waals surface area contributed by atoms with Gasteiger partial charge in [-0.05, 0) is 42.4 Å². The van der Waals surface area contributed by atoms with Crippen LogP contribution in [0.2, 0.25) is 0 Å². The third kappa shape index (κ3) is 2.38. The van der Waals surface area contributed by atoms with Crippen LogP contribution in [0.4, 0.5) is 0 Å². The first-order valence-corrected chi connectivity index (χ1v) is 6.30. The number of halogens is 1. The summed E-state index contributed by atoms with van der Waals surface area (Å²) in [5.74, 6) is 1.76. The smallest absolute Gasteiger partial charge is 0.0175 e. The predicted molar refractivity (Wildman–Crippen MR) is 64.5 cm³/mol.